The molecule has 2 atom stereocenters. The molecule has 0 aliphatic carbocycles. The third-order valence-corrected chi connectivity index (χ3v) is 2.26. The summed E-state index contributed by atoms with van der Waals surface area (Å²) in [5.41, 5.74) is 1.30. The van der Waals surface area contributed by atoms with Gasteiger partial charge in [0.05, 0.1) is 0 Å². The van der Waals surface area contributed by atoms with Gasteiger partial charge in [-0.15, -0.1) is 12.3 Å². The second-order valence-corrected chi connectivity index (χ2v) is 3.61. The molecule has 1 aromatic rings. The minimum absolute atomic E-state index is 0.361. The van der Waals surface area contributed by atoms with Crippen LogP contribution in [0.4, 0.5) is 0 Å². The third kappa shape index (κ3) is 3.24. The van der Waals surface area contributed by atoms with Crippen molar-refractivity contribution in [3.05, 3.63) is 35.9 Å². The summed E-state index contributed by atoms with van der Waals surface area (Å²) in [5, 5.41) is 3.45. The normalized spacial score (nSPS) is 14.4. The first-order valence-corrected chi connectivity index (χ1v) is 4.98. The van der Waals surface area contributed by atoms with Crippen molar-refractivity contribution >= 4 is 0 Å². The van der Waals surface area contributed by atoms with Crippen molar-refractivity contribution in [3.63, 3.8) is 0 Å². The van der Waals surface area contributed by atoms with E-state index in [0.29, 0.717) is 12.1 Å². The van der Waals surface area contributed by atoms with E-state index >= 15 is 0 Å². The molecule has 1 heteroatoms. The highest BCUT2D eigenvalue weighted by molar-refractivity contribution is 5.18. The standard InChI is InChI=1S/C13H17N/c1-4-8-11(2)14-12(3)13-9-6-5-7-10-13/h1,5-7,9-12,14H,8H2,2-3H3. The van der Waals surface area contributed by atoms with E-state index in [0.717, 1.165) is 6.42 Å². The summed E-state index contributed by atoms with van der Waals surface area (Å²) in [5.74, 6) is 2.66. The second kappa shape index (κ2) is 5.47. The average molecular weight is 187 g/mol. The Morgan fingerprint density at radius 3 is 2.50 bits per heavy atom. The molecule has 0 fully saturated rings. The van der Waals surface area contributed by atoms with Crippen LogP contribution in [0.15, 0.2) is 30.3 Å². The summed E-state index contributed by atoms with van der Waals surface area (Å²) in [4.78, 5) is 0. The highest BCUT2D eigenvalue weighted by Crippen LogP contribution is 2.12. The first-order valence-electron chi connectivity index (χ1n) is 4.98. The van der Waals surface area contributed by atoms with Gasteiger partial charge in [0.15, 0.2) is 0 Å². The highest BCUT2D eigenvalue weighted by atomic mass is 14.9. The summed E-state index contributed by atoms with van der Waals surface area (Å²) in [6.45, 7) is 4.27. The maximum absolute atomic E-state index is 5.25. The Kier molecular flexibility index (Phi) is 4.22. The van der Waals surface area contributed by atoms with Crippen LogP contribution in [-0.2, 0) is 0 Å². The predicted molar refractivity (Wildman–Crippen MR) is 60.9 cm³/mol. The molecule has 0 aliphatic heterocycles. The molecule has 0 amide bonds. The predicted octanol–water partition coefficient (Wildman–Crippen LogP) is 2.75. The molecule has 0 aromatic heterocycles. The molecule has 0 heterocycles. The highest BCUT2D eigenvalue weighted by Gasteiger charge is 2.07. The van der Waals surface area contributed by atoms with Gasteiger partial charge in [0.25, 0.3) is 0 Å². The average Bonchev–Trinajstić information content (AvgIpc) is 2.19. The minimum atomic E-state index is 0.361. The quantitative estimate of drug-likeness (QED) is 0.715. The maximum atomic E-state index is 5.25. The summed E-state index contributed by atoms with van der Waals surface area (Å²) >= 11 is 0. The van der Waals surface area contributed by atoms with Crippen LogP contribution >= 0.6 is 0 Å². The van der Waals surface area contributed by atoms with E-state index in [2.05, 4.69) is 49.4 Å². The number of nitrogens with one attached hydrogen (secondary N) is 1. The van der Waals surface area contributed by atoms with Gasteiger partial charge in [-0.25, -0.2) is 0 Å². The molecule has 14 heavy (non-hydrogen) atoms. The number of benzene rings is 1. The zero-order chi connectivity index (χ0) is 10.4. The fourth-order valence-corrected chi connectivity index (χ4v) is 1.50. The first kappa shape index (κ1) is 10.8. The molecule has 0 aliphatic rings. The maximum Gasteiger partial charge on any atom is 0.0294 e. The Morgan fingerprint density at radius 1 is 1.29 bits per heavy atom. The zero-order valence-corrected chi connectivity index (χ0v) is 8.83. The lowest BCUT2D eigenvalue weighted by Gasteiger charge is -2.18. The fraction of sp³-hybridized carbons (Fsp3) is 0.385. The van der Waals surface area contributed by atoms with Gasteiger partial charge in [0, 0.05) is 18.5 Å². The zero-order valence-electron chi connectivity index (χ0n) is 8.83. The number of hydrogen-bond acceptors (Lipinski definition) is 1. The van der Waals surface area contributed by atoms with E-state index in [-0.39, 0.29) is 0 Å². The fourth-order valence-electron chi connectivity index (χ4n) is 1.50. The van der Waals surface area contributed by atoms with Crippen molar-refractivity contribution in [2.45, 2.75) is 32.4 Å². The van der Waals surface area contributed by atoms with Crippen LogP contribution in [0.2, 0.25) is 0 Å². The van der Waals surface area contributed by atoms with Crippen molar-refractivity contribution in [2.24, 2.45) is 0 Å². The lowest BCUT2D eigenvalue weighted by Crippen LogP contribution is -2.28. The monoisotopic (exact) mass is 187 g/mol. The number of hydrogen-bond donors (Lipinski definition) is 1. The van der Waals surface area contributed by atoms with Gasteiger partial charge in [0.1, 0.15) is 0 Å². The molecule has 1 nitrogen and oxygen atoms in total. The summed E-state index contributed by atoms with van der Waals surface area (Å²) in [6, 6.07) is 11.1. The SMILES string of the molecule is C#CCC(C)NC(C)c1ccccc1. The first-order chi connectivity index (χ1) is 6.74. The van der Waals surface area contributed by atoms with E-state index in [9.17, 15) is 0 Å². The molecule has 74 valence electrons. The summed E-state index contributed by atoms with van der Waals surface area (Å²) in [6.07, 6.45) is 6.03. The Labute approximate surface area is 86.5 Å². The molecule has 0 radical (unpaired) electrons. The Morgan fingerprint density at radius 2 is 1.93 bits per heavy atom. The van der Waals surface area contributed by atoms with Crippen LogP contribution in [0, 0.1) is 12.3 Å². The molecular weight excluding hydrogens is 170 g/mol. The second-order valence-electron chi connectivity index (χ2n) is 3.61. The Hall–Kier alpha value is -1.26. The molecule has 0 saturated heterocycles. The van der Waals surface area contributed by atoms with Gasteiger partial charge in [0.2, 0.25) is 0 Å². The van der Waals surface area contributed by atoms with Crippen LogP contribution in [0.3, 0.4) is 0 Å². The number of terminal acetylenes is 1. The summed E-state index contributed by atoms with van der Waals surface area (Å²) in [7, 11) is 0. The van der Waals surface area contributed by atoms with Gasteiger partial charge >= 0.3 is 0 Å². The molecular formula is C13H17N. The minimum Gasteiger partial charge on any atom is -0.307 e. The van der Waals surface area contributed by atoms with Crippen molar-refractivity contribution in [2.75, 3.05) is 0 Å². The van der Waals surface area contributed by atoms with E-state index < -0.39 is 0 Å². The lowest BCUT2D eigenvalue weighted by molar-refractivity contribution is 0.486. The van der Waals surface area contributed by atoms with Gasteiger partial charge in [-0.3, -0.25) is 0 Å². The largest absolute Gasteiger partial charge is 0.307 e. The van der Waals surface area contributed by atoms with Crippen LogP contribution in [-0.4, -0.2) is 6.04 Å². The van der Waals surface area contributed by atoms with E-state index in [1.165, 1.54) is 5.56 Å². The molecule has 0 saturated carbocycles. The molecule has 0 bridgehead atoms. The van der Waals surface area contributed by atoms with Crippen LogP contribution in [0.25, 0.3) is 0 Å². The lowest BCUT2D eigenvalue weighted by atomic mass is 10.1. The summed E-state index contributed by atoms with van der Waals surface area (Å²) < 4.78 is 0. The van der Waals surface area contributed by atoms with Crippen molar-refractivity contribution < 1.29 is 0 Å². The van der Waals surface area contributed by atoms with E-state index in [1.54, 1.807) is 0 Å². The van der Waals surface area contributed by atoms with Crippen LogP contribution < -0.4 is 5.32 Å². The van der Waals surface area contributed by atoms with Gasteiger partial charge in [-0.05, 0) is 19.4 Å². The molecule has 1 N–H and O–H groups in total. The smallest absolute Gasteiger partial charge is 0.0294 e. The van der Waals surface area contributed by atoms with Gasteiger partial charge < -0.3 is 5.32 Å². The number of rotatable bonds is 4. The molecule has 1 aromatic carbocycles. The molecule has 0 spiro atoms. The Balaban J connectivity index is 2.51. The van der Waals surface area contributed by atoms with Crippen molar-refractivity contribution in [1.29, 1.82) is 0 Å². The van der Waals surface area contributed by atoms with Crippen LogP contribution in [0.1, 0.15) is 31.9 Å². The molecule has 2 unspecified atom stereocenters. The Bertz CT molecular complexity index is 297. The van der Waals surface area contributed by atoms with E-state index in [4.69, 9.17) is 6.42 Å². The third-order valence-electron chi connectivity index (χ3n) is 2.26. The van der Waals surface area contributed by atoms with Crippen molar-refractivity contribution in [3.8, 4) is 12.3 Å². The van der Waals surface area contributed by atoms with Crippen molar-refractivity contribution in [1.82, 2.24) is 5.32 Å². The van der Waals surface area contributed by atoms with E-state index in [1.807, 2.05) is 6.07 Å². The molecule has 1 rings (SSSR count). The van der Waals surface area contributed by atoms with Gasteiger partial charge in [-0.2, -0.15) is 0 Å². The van der Waals surface area contributed by atoms with Gasteiger partial charge in [-0.1, -0.05) is 30.3 Å². The topological polar surface area (TPSA) is 12.0 Å². The van der Waals surface area contributed by atoms with Crippen LogP contribution in [0.5, 0.6) is 0 Å².